The number of carbonyl (C=O) groups is 2. The van der Waals surface area contributed by atoms with Crippen LogP contribution in [0.4, 0.5) is 24.5 Å². The van der Waals surface area contributed by atoms with E-state index in [4.69, 9.17) is 11.6 Å². The lowest BCUT2D eigenvalue weighted by Crippen LogP contribution is -2.39. The van der Waals surface area contributed by atoms with Crippen LogP contribution in [0, 0.1) is 24.4 Å². The molecule has 29 heavy (non-hydrogen) atoms. The van der Waals surface area contributed by atoms with Gasteiger partial charge in [-0.15, -0.1) is 0 Å². The van der Waals surface area contributed by atoms with E-state index >= 15 is 0 Å². The number of nitrogens with zero attached hydrogens (tertiary/aromatic N) is 1. The zero-order valence-corrected chi connectivity index (χ0v) is 16.7. The molecule has 2 rings (SSSR count). The highest BCUT2D eigenvalue weighted by Gasteiger charge is 2.18. The number of hydrogen-bond acceptors (Lipinski definition) is 3. The minimum atomic E-state index is -1.66. The van der Waals surface area contributed by atoms with Crippen LogP contribution in [0.2, 0.25) is 5.02 Å². The molecule has 0 aliphatic heterocycles. The van der Waals surface area contributed by atoms with Crippen molar-refractivity contribution < 1.29 is 22.8 Å². The van der Waals surface area contributed by atoms with Crippen molar-refractivity contribution in [3.05, 3.63) is 58.4 Å². The standard InChI is InChI=1S/C20H21ClF3N3O2/c1-3-8-27(10-17(28)25-13-5-4-12(2)14(21)9-13)11-18(29)26-16-7-6-15(22)19(23)20(16)24/h4-7,9H,3,8,10-11H2,1-2H3,(H,25,28)(H,26,29). The number of nitrogens with one attached hydrogen (secondary N) is 2. The van der Waals surface area contributed by atoms with Gasteiger partial charge in [0.2, 0.25) is 11.8 Å². The van der Waals surface area contributed by atoms with E-state index in [1.165, 1.54) is 0 Å². The topological polar surface area (TPSA) is 61.4 Å². The van der Waals surface area contributed by atoms with Gasteiger partial charge in [-0.1, -0.05) is 24.6 Å². The van der Waals surface area contributed by atoms with Crippen molar-refractivity contribution in [2.45, 2.75) is 20.3 Å². The molecule has 2 aromatic rings. The Bertz CT molecular complexity index is 909. The van der Waals surface area contributed by atoms with Gasteiger partial charge >= 0.3 is 0 Å². The Morgan fingerprint density at radius 2 is 1.66 bits per heavy atom. The Balaban J connectivity index is 1.98. The molecule has 156 valence electrons. The molecule has 0 aliphatic rings. The van der Waals surface area contributed by atoms with Crippen molar-refractivity contribution in [3.63, 3.8) is 0 Å². The maximum Gasteiger partial charge on any atom is 0.238 e. The molecule has 0 spiro atoms. The maximum absolute atomic E-state index is 13.7. The van der Waals surface area contributed by atoms with Gasteiger partial charge in [-0.05, 0) is 49.7 Å². The van der Waals surface area contributed by atoms with E-state index in [0.717, 1.165) is 17.7 Å². The number of amides is 2. The molecule has 2 N–H and O–H groups in total. The van der Waals surface area contributed by atoms with Gasteiger partial charge in [-0.25, -0.2) is 13.2 Å². The third-order valence-corrected chi connectivity index (χ3v) is 4.45. The van der Waals surface area contributed by atoms with E-state index in [1.807, 2.05) is 13.8 Å². The Labute approximate surface area is 171 Å². The number of carbonyl (C=O) groups excluding carboxylic acids is 2. The summed E-state index contributed by atoms with van der Waals surface area (Å²) in [6, 6.07) is 6.76. The zero-order chi connectivity index (χ0) is 21.6. The fraction of sp³-hybridized carbons (Fsp3) is 0.300. The Kier molecular flexibility index (Phi) is 8.04. The fourth-order valence-electron chi connectivity index (χ4n) is 2.62. The summed E-state index contributed by atoms with van der Waals surface area (Å²) < 4.78 is 40.0. The number of aryl methyl sites for hydroxylation is 1. The van der Waals surface area contributed by atoms with Crippen LogP contribution in [0.25, 0.3) is 0 Å². The smallest absolute Gasteiger partial charge is 0.238 e. The summed E-state index contributed by atoms with van der Waals surface area (Å²) in [5, 5.41) is 5.40. The predicted molar refractivity (Wildman–Crippen MR) is 106 cm³/mol. The van der Waals surface area contributed by atoms with Crippen LogP contribution in [0.3, 0.4) is 0 Å². The first kappa shape index (κ1) is 22.7. The molecule has 0 unspecified atom stereocenters. The summed E-state index contributed by atoms with van der Waals surface area (Å²) in [6.07, 6.45) is 0.663. The molecule has 0 aliphatic carbocycles. The van der Waals surface area contributed by atoms with Gasteiger partial charge in [-0.3, -0.25) is 14.5 Å². The highest BCUT2D eigenvalue weighted by molar-refractivity contribution is 6.31. The third-order valence-electron chi connectivity index (χ3n) is 4.04. The molecule has 0 aromatic heterocycles. The van der Waals surface area contributed by atoms with Crippen LogP contribution >= 0.6 is 11.6 Å². The third kappa shape index (κ3) is 6.47. The van der Waals surface area contributed by atoms with Crippen LogP contribution in [-0.4, -0.2) is 36.3 Å². The largest absolute Gasteiger partial charge is 0.325 e. The second-order valence-electron chi connectivity index (χ2n) is 6.49. The Hall–Kier alpha value is -2.58. The van der Waals surface area contributed by atoms with Crippen LogP contribution in [-0.2, 0) is 9.59 Å². The van der Waals surface area contributed by atoms with Gasteiger partial charge in [0, 0.05) is 10.7 Å². The van der Waals surface area contributed by atoms with Crippen LogP contribution in [0.5, 0.6) is 0 Å². The highest BCUT2D eigenvalue weighted by atomic mass is 35.5. The molecule has 9 heteroatoms. The van der Waals surface area contributed by atoms with Gasteiger partial charge in [0.25, 0.3) is 0 Å². The van der Waals surface area contributed by atoms with E-state index < -0.39 is 29.0 Å². The van der Waals surface area contributed by atoms with E-state index in [2.05, 4.69) is 10.6 Å². The molecule has 0 atom stereocenters. The first-order chi connectivity index (χ1) is 13.7. The maximum atomic E-state index is 13.7. The number of benzene rings is 2. The van der Waals surface area contributed by atoms with Crippen LogP contribution in [0.1, 0.15) is 18.9 Å². The van der Waals surface area contributed by atoms with Crippen LogP contribution in [0.15, 0.2) is 30.3 Å². The summed E-state index contributed by atoms with van der Waals surface area (Å²) in [4.78, 5) is 26.0. The molecule has 0 saturated heterocycles. The van der Waals surface area contributed by atoms with E-state index in [-0.39, 0.29) is 19.0 Å². The second-order valence-corrected chi connectivity index (χ2v) is 6.90. The molecular formula is C20H21ClF3N3O2. The molecule has 0 heterocycles. The average Bonchev–Trinajstić information content (AvgIpc) is 2.65. The van der Waals surface area contributed by atoms with Crippen molar-refractivity contribution in [1.82, 2.24) is 4.90 Å². The summed E-state index contributed by atoms with van der Waals surface area (Å²) in [5.74, 6) is -5.50. The Morgan fingerprint density at radius 1 is 1.00 bits per heavy atom. The van der Waals surface area contributed by atoms with Gasteiger partial charge in [0.05, 0.1) is 18.8 Å². The van der Waals surface area contributed by atoms with E-state index in [1.54, 1.807) is 23.1 Å². The molecule has 2 aromatic carbocycles. The fourth-order valence-corrected chi connectivity index (χ4v) is 2.80. The molecule has 2 amide bonds. The van der Waals surface area contributed by atoms with E-state index in [9.17, 15) is 22.8 Å². The highest BCUT2D eigenvalue weighted by Crippen LogP contribution is 2.20. The quantitative estimate of drug-likeness (QED) is 0.615. The van der Waals surface area contributed by atoms with Gasteiger partial charge in [0.15, 0.2) is 17.5 Å². The van der Waals surface area contributed by atoms with Gasteiger partial charge in [-0.2, -0.15) is 0 Å². The average molecular weight is 428 g/mol. The summed E-state index contributed by atoms with van der Waals surface area (Å²) in [6.45, 7) is 3.82. The minimum Gasteiger partial charge on any atom is -0.325 e. The lowest BCUT2D eigenvalue weighted by molar-refractivity contribution is -0.120. The second kappa shape index (κ2) is 10.3. The molecule has 0 radical (unpaired) electrons. The lowest BCUT2D eigenvalue weighted by Gasteiger charge is -2.21. The normalized spacial score (nSPS) is 10.9. The molecule has 0 fully saturated rings. The van der Waals surface area contributed by atoms with Gasteiger partial charge < -0.3 is 10.6 Å². The van der Waals surface area contributed by atoms with Crippen molar-refractivity contribution in [2.24, 2.45) is 0 Å². The number of rotatable bonds is 8. The molecule has 0 bridgehead atoms. The minimum absolute atomic E-state index is 0.0903. The van der Waals surface area contributed by atoms with Crippen molar-refractivity contribution in [1.29, 1.82) is 0 Å². The Morgan fingerprint density at radius 3 is 2.28 bits per heavy atom. The van der Waals surface area contributed by atoms with E-state index in [0.29, 0.717) is 23.7 Å². The molecule has 0 saturated carbocycles. The molecular weight excluding hydrogens is 407 g/mol. The first-order valence-corrected chi connectivity index (χ1v) is 9.30. The number of halogens is 4. The van der Waals surface area contributed by atoms with Crippen molar-refractivity contribution in [2.75, 3.05) is 30.3 Å². The van der Waals surface area contributed by atoms with Crippen molar-refractivity contribution >= 4 is 34.8 Å². The first-order valence-electron chi connectivity index (χ1n) is 8.93. The van der Waals surface area contributed by atoms with Crippen LogP contribution < -0.4 is 10.6 Å². The summed E-state index contributed by atoms with van der Waals surface area (Å²) >= 11 is 6.04. The number of anilines is 2. The van der Waals surface area contributed by atoms with Crippen molar-refractivity contribution in [3.8, 4) is 0 Å². The molecule has 5 nitrogen and oxygen atoms in total. The summed E-state index contributed by atoms with van der Waals surface area (Å²) in [7, 11) is 0. The lowest BCUT2D eigenvalue weighted by atomic mass is 10.2. The zero-order valence-electron chi connectivity index (χ0n) is 16.0. The van der Waals surface area contributed by atoms with Gasteiger partial charge in [0.1, 0.15) is 0 Å². The monoisotopic (exact) mass is 427 g/mol. The summed E-state index contributed by atoms with van der Waals surface area (Å²) in [5.41, 5.74) is 0.929. The number of hydrogen-bond donors (Lipinski definition) is 2. The predicted octanol–water partition coefficient (Wildman–Crippen LogP) is 4.35. The SMILES string of the molecule is CCCN(CC(=O)Nc1ccc(C)c(Cl)c1)CC(=O)Nc1ccc(F)c(F)c1F.